The first-order valence-corrected chi connectivity index (χ1v) is 6.66. The van der Waals surface area contributed by atoms with Crippen molar-refractivity contribution < 1.29 is 9.59 Å². The van der Waals surface area contributed by atoms with Crippen molar-refractivity contribution in [3.05, 3.63) is 41.5 Å². The summed E-state index contributed by atoms with van der Waals surface area (Å²) in [5, 5.41) is 9.20. The quantitative estimate of drug-likeness (QED) is 0.860. The number of fused-ring (bicyclic) bond motifs is 1. The van der Waals surface area contributed by atoms with Gasteiger partial charge in [-0.05, 0) is 17.5 Å². The third-order valence-corrected chi connectivity index (χ3v) is 3.59. The summed E-state index contributed by atoms with van der Waals surface area (Å²) in [6.45, 7) is 2.68. The molecule has 0 unspecified atom stereocenters. The minimum atomic E-state index is -0.211. The van der Waals surface area contributed by atoms with Gasteiger partial charge in [0.2, 0.25) is 5.91 Å². The molecule has 2 aromatic rings. The molecule has 0 saturated carbocycles. The number of aromatic amines is 1. The van der Waals surface area contributed by atoms with E-state index in [4.69, 9.17) is 0 Å². The van der Waals surface area contributed by atoms with Crippen LogP contribution in [0.15, 0.2) is 24.8 Å². The largest absolute Gasteiger partial charge is 0.338 e. The van der Waals surface area contributed by atoms with Gasteiger partial charge in [0.25, 0.3) is 5.91 Å². The Kier molecular flexibility index (Phi) is 3.39. The maximum Gasteiger partial charge on any atom is 0.257 e. The minimum absolute atomic E-state index is 0.0360. The fourth-order valence-electron chi connectivity index (χ4n) is 2.48. The zero-order chi connectivity index (χ0) is 14.8. The normalized spacial score (nSPS) is 13.7. The average Bonchev–Trinajstić information content (AvgIpc) is 2.98. The zero-order valence-electron chi connectivity index (χ0n) is 11.6. The molecule has 108 valence electrons. The summed E-state index contributed by atoms with van der Waals surface area (Å²) in [6, 6.07) is 0. The Hall–Kier alpha value is -2.70. The number of aromatic nitrogens is 3. The first-order chi connectivity index (χ1) is 10.1. The maximum absolute atomic E-state index is 12.3. The van der Waals surface area contributed by atoms with E-state index in [0.29, 0.717) is 30.8 Å². The number of pyridine rings is 1. The van der Waals surface area contributed by atoms with Crippen molar-refractivity contribution >= 4 is 17.5 Å². The van der Waals surface area contributed by atoms with Gasteiger partial charge in [-0.15, -0.1) is 0 Å². The van der Waals surface area contributed by atoms with Gasteiger partial charge in [0.15, 0.2) is 0 Å². The number of carbonyl (C=O) groups is 2. The Morgan fingerprint density at radius 2 is 2.19 bits per heavy atom. The van der Waals surface area contributed by atoms with E-state index in [9.17, 15) is 9.59 Å². The Balaban J connectivity index is 1.86. The van der Waals surface area contributed by atoms with Crippen molar-refractivity contribution in [1.29, 1.82) is 0 Å². The van der Waals surface area contributed by atoms with Gasteiger partial charge in [0.05, 0.1) is 17.4 Å². The lowest BCUT2D eigenvalue weighted by Crippen LogP contribution is -2.35. The smallest absolute Gasteiger partial charge is 0.257 e. The van der Waals surface area contributed by atoms with E-state index < -0.39 is 0 Å². The van der Waals surface area contributed by atoms with E-state index >= 15 is 0 Å². The van der Waals surface area contributed by atoms with Crippen LogP contribution in [0.1, 0.15) is 28.4 Å². The molecule has 3 heterocycles. The SMILES string of the molecule is CC(=O)N1CCc2c(cncc2C(=O)Nc2cn[nH]c2)C1. The van der Waals surface area contributed by atoms with Crippen molar-refractivity contribution in [3.8, 4) is 0 Å². The van der Waals surface area contributed by atoms with Crippen molar-refractivity contribution in [2.24, 2.45) is 0 Å². The summed E-state index contributed by atoms with van der Waals surface area (Å²) in [5.41, 5.74) is 3.05. The van der Waals surface area contributed by atoms with E-state index in [0.717, 1.165) is 11.1 Å². The van der Waals surface area contributed by atoms with Crippen molar-refractivity contribution in [1.82, 2.24) is 20.1 Å². The van der Waals surface area contributed by atoms with Gasteiger partial charge in [-0.25, -0.2) is 0 Å². The third kappa shape index (κ3) is 2.62. The van der Waals surface area contributed by atoms with Crippen LogP contribution in [-0.4, -0.2) is 38.4 Å². The topological polar surface area (TPSA) is 91.0 Å². The molecule has 7 nitrogen and oxygen atoms in total. The Morgan fingerprint density at radius 1 is 1.33 bits per heavy atom. The van der Waals surface area contributed by atoms with E-state index in [-0.39, 0.29) is 11.8 Å². The molecule has 3 rings (SSSR count). The lowest BCUT2D eigenvalue weighted by Gasteiger charge is -2.28. The first kappa shape index (κ1) is 13.3. The van der Waals surface area contributed by atoms with E-state index in [1.165, 1.54) is 6.20 Å². The summed E-state index contributed by atoms with van der Waals surface area (Å²) >= 11 is 0. The average molecular weight is 285 g/mol. The molecule has 0 bridgehead atoms. The Morgan fingerprint density at radius 3 is 2.90 bits per heavy atom. The van der Waals surface area contributed by atoms with Crippen LogP contribution >= 0.6 is 0 Å². The number of rotatable bonds is 2. The molecule has 0 fully saturated rings. The maximum atomic E-state index is 12.3. The molecule has 21 heavy (non-hydrogen) atoms. The standard InChI is InChI=1S/C14H15N5O2/c1-9(20)19-3-2-12-10(8-19)4-15-7-13(12)14(21)18-11-5-16-17-6-11/h4-7H,2-3,8H2,1H3,(H,16,17)(H,18,21). The number of carbonyl (C=O) groups excluding carboxylic acids is 2. The van der Waals surface area contributed by atoms with Gasteiger partial charge in [-0.1, -0.05) is 0 Å². The lowest BCUT2D eigenvalue weighted by atomic mass is 9.96. The molecule has 7 heteroatoms. The first-order valence-electron chi connectivity index (χ1n) is 6.66. The van der Waals surface area contributed by atoms with Gasteiger partial charge in [0.1, 0.15) is 0 Å². The van der Waals surface area contributed by atoms with Gasteiger partial charge >= 0.3 is 0 Å². The second-order valence-electron chi connectivity index (χ2n) is 4.96. The van der Waals surface area contributed by atoms with Crippen molar-refractivity contribution in [3.63, 3.8) is 0 Å². The van der Waals surface area contributed by atoms with Crippen LogP contribution in [0.25, 0.3) is 0 Å². The highest BCUT2D eigenvalue weighted by Gasteiger charge is 2.23. The highest BCUT2D eigenvalue weighted by molar-refractivity contribution is 6.05. The van der Waals surface area contributed by atoms with Gasteiger partial charge in [-0.2, -0.15) is 5.10 Å². The van der Waals surface area contributed by atoms with Gasteiger partial charge in [0, 0.05) is 38.6 Å². The molecule has 1 aliphatic heterocycles. The van der Waals surface area contributed by atoms with Crippen LogP contribution in [0.5, 0.6) is 0 Å². The monoisotopic (exact) mass is 285 g/mol. The van der Waals surface area contributed by atoms with Crippen LogP contribution < -0.4 is 5.32 Å². The predicted molar refractivity (Wildman–Crippen MR) is 75.6 cm³/mol. The number of hydrogen-bond donors (Lipinski definition) is 2. The summed E-state index contributed by atoms with van der Waals surface area (Å²) in [6.07, 6.45) is 7.10. The van der Waals surface area contributed by atoms with Gasteiger partial charge in [-0.3, -0.25) is 19.7 Å². The molecule has 0 atom stereocenters. The summed E-state index contributed by atoms with van der Waals surface area (Å²) in [5.74, 6) is -0.175. The minimum Gasteiger partial charge on any atom is -0.338 e. The number of nitrogens with one attached hydrogen (secondary N) is 2. The highest BCUT2D eigenvalue weighted by Crippen LogP contribution is 2.22. The summed E-state index contributed by atoms with van der Waals surface area (Å²) in [7, 11) is 0. The molecule has 2 amide bonds. The molecule has 2 N–H and O–H groups in total. The van der Waals surface area contributed by atoms with E-state index in [1.54, 1.807) is 30.4 Å². The van der Waals surface area contributed by atoms with Crippen LogP contribution in [0, 0.1) is 0 Å². The summed E-state index contributed by atoms with van der Waals surface area (Å²) < 4.78 is 0. The predicted octanol–water partition coefficient (Wildman–Crippen LogP) is 0.962. The van der Waals surface area contributed by atoms with Gasteiger partial charge < -0.3 is 10.2 Å². The lowest BCUT2D eigenvalue weighted by molar-refractivity contribution is -0.129. The number of anilines is 1. The molecule has 1 aliphatic rings. The second kappa shape index (κ2) is 5.35. The summed E-state index contributed by atoms with van der Waals surface area (Å²) in [4.78, 5) is 29.7. The Labute approximate surface area is 121 Å². The third-order valence-electron chi connectivity index (χ3n) is 3.59. The molecule has 0 spiro atoms. The van der Waals surface area contributed by atoms with Crippen LogP contribution in [-0.2, 0) is 17.8 Å². The molecule has 0 saturated heterocycles. The van der Waals surface area contributed by atoms with Crippen LogP contribution in [0.4, 0.5) is 5.69 Å². The highest BCUT2D eigenvalue weighted by atomic mass is 16.2. The van der Waals surface area contributed by atoms with Crippen LogP contribution in [0.2, 0.25) is 0 Å². The van der Waals surface area contributed by atoms with Crippen LogP contribution in [0.3, 0.4) is 0 Å². The van der Waals surface area contributed by atoms with E-state index in [1.807, 2.05) is 0 Å². The molecule has 0 radical (unpaired) electrons. The molecule has 0 aromatic carbocycles. The molecular weight excluding hydrogens is 270 g/mol. The fraction of sp³-hybridized carbons (Fsp3) is 0.286. The second-order valence-corrected chi connectivity index (χ2v) is 4.96. The zero-order valence-corrected chi connectivity index (χ0v) is 11.6. The Bertz CT molecular complexity index is 681. The molecule has 2 aromatic heterocycles. The molecular formula is C14H15N5O2. The van der Waals surface area contributed by atoms with Crippen molar-refractivity contribution in [2.75, 3.05) is 11.9 Å². The molecule has 0 aliphatic carbocycles. The van der Waals surface area contributed by atoms with E-state index in [2.05, 4.69) is 20.5 Å². The van der Waals surface area contributed by atoms with Crippen molar-refractivity contribution in [2.45, 2.75) is 19.9 Å². The fourth-order valence-corrected chi connectivity index (χ4v) is 2.48. The number of amides is 2. The number of H-pyrrole nitrogens is 1. The number of nitrogens with zero attached hydrogens (tertiary/aromatic N) is 3. The number of hydrogen-bond acceptors (Lipinski definition) is 4.